The molecule has 1 saturated heterocycles. The van der Waals surface area contributed by atoms with E-state index in [1.165, 1.54) is 0 Å². The Morgan fingerprint density at radius 1 is 1.19 bits per heavy atom. The Hall–Kier alpha value is -2.24. The third-order valence-electron chi connectivity index (χ3n) is 4.64. The van der Waals surface area contributed by atoms with Crippen LogP contribution in [0.15, 0.2) is 24.3 Å². The van der Waals surface area contributed by atoms with Crippen molar-refractivity contribution in [3.8, 4) is 5.75 Å². The molecule has 1 heterocycles. The van der Waals surface area contributed by atoms with Crippen LogP contribution in [-0.2, 0) is 20.7 Å². The minimum absolute atomic E-state index is 0.255. The number of nitrogens with zero attached hydrogens (tertiary/aromatic N) is 1. The molecular weight excluding hydrogens is 346 g/mol. The lowest BCUT2D eigenvalue weighted by atomic mass is 9.75. The molecular formula is C21H31NO5. The highest BCUT2D eigenvalue weighted by Gasteiger charge is 2.45. The molecule has 1 amide bonds. The Morgan fingerprint density at radius 2 is 1.85 bits per heavy atom. The first-order valence-corrected chi connectivity index (χ1v) is 9.47. The van der Waals surface area contributed by atoms with Crippen molar-refractivity contribution < 1.29 is 23.8 Å². The van der Waals surface area contributed by atoms with Gasteiger partial charge in [-0.05, 0) is 64.7 Å². The molecule has 1 unspecified atom stereocenters. The first-order valence-electron chi connectivity index (χ1n) is 9.47. The molecule has 27 heavy (non-hydrogen) atoms. The number of amides is 1. The zero-order valence-electron chi connectivity index (χ0n) is 17.0. The molecule has 150 valence electrons. The molecule has 0 N–H and O–H groups in total. The van der Waals surface area contributed by atoms with Gasteiger partial charge < -0.3 is 19.1 Å². The number of piperidine rings is 1. The molecule has 0 bridgehead atoms. The molecule has 1 aromatic carbocycles. The van der Waals surface area contributed by atoms with Gasteiger partial charge >= 0.3 is 12.1 Å². The van der Waals surface area contributed by atoms with Gasteiger partial charge in [0.05, 0.1) is 19.1 Å². The van der Waals surface area contributed by atoms with Gasteiger partial charge in [-0.25, -0.2) is 4.79 Å². The molecule has 6 nitrogen and oxygen atoms in total. The molecule has 1 atom stereocenters. The van der Waals surface area contributed by atoms with Gasteiger partial charge in [0.25, 0.3) is 0 Å². The van der Waals surface area contributed by atoms with Gasteiger partial charge in [-0.3, -0.25) is 4.79 Å². The normalized spacial score (nSPS) is 20.1. The number of ether oxygens (including phenoxy) is 3. The van der Waals surface area contributed by atoms with Gasteiger partial charge in [0.1, 0.15) is 11.4 Å². The summed E-state index contributed by atoms with van der Waals surface area (Å²) >= 11 is 0. The zero-order chi connectivity index (χ0) is 20.1. The quantitative estimate of drug-likeness (QED) is 0.730. The number of likely N-dealkylation sites (tertiary alicyclic amines) is 1. The summed E-state index contributed by atoms with van der Waals surface area (Å²) in [7, 11) is 1.62. The number of esters is 1. The molecule has 0 aliphatic carbocycles. The molecule has 1 aliphatic heterocycles. The minimum atomic E-state index is -0.764. The number of hydrogen-bond donors (Lipinski definition) is 0. The second-order valence-corrected chi connectivity index (χ2v) is 8.03. The second-order valence-electron chi connectivity index (χ2n) is 8.03. The summed E-state index contributed by atoms with van der Waals surface area (Å²) in [6.45, 7) is 8.51. The smallest absolute Gasteiger partial charge is 0.410 e. The van der Waals surface area contributed by atoms with Crippen LogP contribution in [0, 0.1) is 5.41 Å². The number of methoxy groups -OCH3 is 1. The lowest BCUT2D eigenvalue weighted by molar-refractivity contribution is -0.158. The van der Waals surface area contributed by atoms with Crippen LogP contribution in [0.4, 0.5) is 4.79 Å². The van der Waals surface area contributed by atoms with Gasteiger partial charge in [0.15, 0.2) is 0 Å². The SMILES string of the molecule is CCOC(=O)C1(Cc2ccc(OC)cc2)CCCN(C(=O)OC(C)(C)C)C1. The van der Waals surface area contributed by atoms with E-state index in [2.05, 4.69) is 0 Å². The largest absolute Gasteiger partial charge is 0.497 e. The molecule has 0 saturated carbocycles. The van der Waals surface area contributed by atoms with Gasteiger partial charge in [-0.15, -0.1) is 0 Å². The Bertz CT molecular complexity index is 650. The van der Waals surface area contributed by atoms with E-state index in [1.807, 2.05) is 45.0 Å². The maximum absolute atomic E-state index is 12.9. The average molecular weight is 377 g/mol. The van der Waals surface area contributed by atoms with Gasteiger partial charge in [0.2, 0.25) is 0 Å². The number of hydrogen-bond acceptors (Lipinski definition) is 5. The van der Waals surface area contributed by atoms with E-state index in [1.54, 1.807) is 18.9 Å². The second kappa shape index (κ2) is 8.63. The molecule has 0 radical (unpaired) electrons. The summed E-state index contributed by atoms with van der Waals surface area (Å²) in [5.41, 5.74) is -0.327. The highest BCUT2D eigenvalue weighted by atomic mass is 16.6. The molecule has 2 rings (SSSR count). The van der Waals surface area contributed by atoms with Gasteiger partial charge in [-0.1, -0.05) is 12.1 Å². The molecule has 1 aromatic rings. The third kappa shape index (κ3) is 5.62. The van der Waals surface area contributed by atoms with E-state index < -0.39 is 11.0 Å². The van der Waals surface area contributed by atoms with Crippen LogP contribution in [0.1, 0.15) is 46.1 Å². The van der Waals surface area contributed by atoms with Crippen molar-refractivity contribution in [3.05, 3.63) is 29.8 Å². The topological polar surface area (TPSA) is 65.1 Å². The fourth-order valence-corrected chi connectivity index (χ4v) is 3.42. The van der Waals surface area contributed by atoms with Crippen molar-refractivity contribution in [2.45, 2.75) is 52.6 Å². The standard InChI is InChI=1S/C21H31NO5/c1-6-26-18(23)21(14-16-8-10-17(25-5)11-9-16)12-7-13-22(15-21)19(24)27-20(2,3)4/h8-11H,6-7,12-15H2,1-5H3. The first kappa shape index (κ1) is 21.1. The summed E-state index contributed by atoms with van der Waals surface area (Å²) in [5, 5.41) is 0. The highest BCUT2D eigenvalue weighted by molar-refractivity contribution is 5.79. The predicted molar refractivity (Wildman–Crippen MR) is 103 cm³/mol. The van der Waals surface area contributed by atoms with Crippen LogP contribution in [0.25, 0.3) is 0 Å². The summed E-state index contributed by atoms with van der Waals surface area (Å²) < 4.78 is 16.1. The highest BCUT2D eigenvalue weighted by Crippen LogP contribution is 2.36. The van der Waals surface area contributed by atoms with Crippen molar-refractivity contribution in [1.82, 2.24) is 4.90 Å². The summed E-state index contributed by atoms with van der Waals surface area (Å²) in [6.07, 6.45) is 1.53. The average Bonchev–Trinajstić information content (AvgIpc) is 2.61. The molecule has 6 heteroatoms. The van der Waals surface area contributed by atoms with Crippen molar-refractivity contribution in [1.29, 1.82) is 0 Å². The zero-order valence-corrected chi connectivity index (χ0v) is 17.0. The third-order valence-corrected chi connectivity index (χ3v) is 4.64. The number of benzene rings is 1. The fraction of sp³-hybridized carbons (Fsp3) is 0.619. The van der Waals surface area contributed by atoms with Crippen LogP contribution in [-0.4, -0.2) is 49.4 Å². The summed E-state index contributed by atoms with van der Waals surface area (Å²) in [4.78, 5) is 27.1. The molecule has 0 spiro atoms. The van der Waals surface area contributed by atoms with Crippen LogP contribution in [0.3, 0.4) is 0 Å². The maximum Gasteiger partial charge on any atom is 0.410 e. The van der Waals surface area contributed by atoms with Crippen molar-refractivity contribution in [2.75, 3.05) is 26.8 Å². The Labute approximate surface area is 161 Å². The van der Waals surface area contributed by atoms with Crippen LogP contribution >= 0.6 is 0 Å². The summed E-state index contributed by atoms with van der Waals surface area (Å²) in [6, 6.07) is 7.66. The number of carbonyl (C=O) groups excluding carboxylic acids is 2. The maximum atomic E-state index is 12.9. The van der Waals surface area contributed by atoms with E-state index >= 15 is 0 Å². The van der Waals surface area contributed by atoms with Gasteiger partial charge in [0, 0.05) is 13.1 Å². The van der Waals surface area contributed by atoms with Gasteiger partial charge in [-0.2, -0.15) is 0 Å². The Balaban J connectivity index is 2.24. The lowest BCUT2D eigenvalue weighted by Crippen LogP contribution is -2.52. The van der Waals surface area contributed by atoms with E-state index in [0.717, 1.165) is 17.7 Å². The van der Waals surface area contributed by atoms with E-state index in [-0.39, 0.29) is 12.1 Å². The molecule has 1 fully saturated rings. The monoisotopic (exact) mass is 377 g/mol. The van der Waals surface area contributed by atoms with E-state index in [9.17, 15) is 9.59 Å². The Morgan fingerprint density at radius 3 is 2.41 bits per heavy atom. The first-order chi connectivity index (χ1) is 12.7. The Kier molecular flexibility index (Phi) is 6.73. The van der Waals surface area contributed by atoms with Crippen molar-refractivity contribution >= 4 is 12.1 Å². The fourth-order valence-electron chi connectivity index (χ4n) is 3.42. The number of carbonyl (C=O) groups is 2. The minimum Gasteiger partial charge on any atom is -0.497 e. The van der Waals surface area contributed by atoms with Crippen LogP contribution in [0.5, 0.6) is 5.75 Å². The molecule has 0 aromatic heterocycles. The predicted octanol–water partition coefficient (Wildman–Crippen LogP) is 3.82. The number of rotatable bonds is 5. The summed E-state index contributed by atoms with van der Waals surface area (Å²) in [5.74, 6) is 0.511. The van der Waals surface area contributed by atoms with Crippen LogP contribution < -0.4 is 4.74 Å². The lowest BCUT2D eigenvalue weighted by Gasteiger charge is -2.41. The van der Waals surface area contributed by atoms with E-state index in [0.29, 0.717) is 32.5 Å². The van der Waals surface area contributed by atoms with Crippen molar-refractivity contribution in [3.63, 3.8) is 0 Å². The van der Waals surface area contributed by atoms with Crippen LogP contribution in [0.2, 0.25) is 0 Å². The van der Waals surface area contributed by atoms with Crippen molar-refractivity contribution in [2.24, 2.45) is 5.41 Å². The van der Waals surface area contributed by atoms with E-state index in [4.69, 9.17) is 14.2 Å². The molecule has 1 aliphatic rings.